The Kier molecular flexibility index (Phi) is 10.5. The van der Waals surface area contributed by atoms with Gasteiger partial charge in [-0.05, 0) is 39.0 Å². The third kappa shape index (κ3) is 7.99. The standard InChI is InChI=1S/C18H35N3O3/c1-5-19-18(20-10-7-13-23-14-15(3)4)21-11-8-16(9-12-21)17(22)24-6-2/h15-16H,5-14H2,1-4H3,(H,19,20). The van der Waals surface area contributed by atoms with Gasteiger partial charge in [0.1, 0.15) is 0 Å². The van der Waals surface area contributed by atoms with Gasteiger partial charge in [-0.1, -0.05) is 13.8 Å². The molecule has 0 bridgehead atoms. The van der Waals surface area contributed by atoms with Gasteiger partial charge >= 0.3 is 5.97 Å². The molecule has 1 fully saturated rings. The fraction of sp³-hybridized carbons (Fsp3) is 0.889. The number of rotatable bonds is 9. The van der Waals surface area contributed by atoms with Gasteiger partial charge in [0.05, 0.1) is 12.5 Å². The molecule has 1 heterocycles. The van der Waals surface area contributed by atoms with Crippen LogP contribution < -0.4 is 5.32 Å². The van der Waals surface area contributed by atoms with Crippen molar-refractivity contribution in [3.05, 3.63) is 0 Å². The highest BCUT2D eigenvalue weighted by molar-refractivity contribution is 5.80. The number of aliphatic imine (C=N–C) groups is 1. The minimum Gasteiger partial charge on any atom is -0.466 e. The number of nitrogens with zero attached hydrogens (tertiary/aromatic N) is 2. The van der Waals surface area contributed by atoms with Crippen LogP contribution in [0, 0.1) is 11.8 Å². The molecule has 0 aromatic carbocycles. The van der Waals surface area contributed by atoms with Crippen LogP contribution in [0.15, 0.2) is 4.99 Å². The number of carbonyl (C=O) groups is 1. The van der Waals surface area contributed by atoms with Crippen molar-refractivity contribution in [1.82, 2.24) is 10.2 Å². The second kappa shape index (κ2) is 12.1. The summed E-state index contributed by atoms with van der Waals surface area (Å²) < 4.78 is 10.7. The summed E-state index contributed by atoms with van der Waals surface area (Å²) in [4.78, 5) is 18.8. The number of carbonyl (C=O) groups excluding carboxylic acids is 1. The molecule has 1 aliphatic heterocycles. The Morgan fingerprint density at radius 3 is 2.58 bits per heavy atom. The molecule has 140 valence electrons. The molecule has 6 nitrogen and oxygen atoms in total. The summed E-state index contributed by atoms with van der Waals surface area (Å²) in [5.41, 5.74) is 0. The van der Waals surface area contributed by atoms with Crippen LogP contribution in [0.2, 0.25) is 0 Å². The third-order valence-electron chi connectivity index (χ3n) is 3.91. The normalized spacial score (nSPS) is 16.5. The van der Waals surface area contributed by atoms with Crippen molar-refractivity contribution in [2.75, 3.05) is 46.0 Å². The van der Waals surface area contributed by atoms with Crippen molar-refractivity contribution in [2.45, 2.75) is 47.0 Å². The summed E-state index contributed by atoms with van der Waals surface area (Å²) in [6.07, 6.45) is 2.60. The van der Waals surface area contributed by atoms with Crippen LogP contribution in [0.1, 0.15) is 47.0 Å². The lowest BCUT2D eigenvalue weighted by Crippen LogP contribution is -2.46. The molecule has 1 saturated heterocycles. The number of likely N-dealkylation sites (tertiary alicyclic amines) is 1. The van der Waals surface area contributed by atoms with Crippen molar-refractivity contribution in [3.8, 4) is 0 Å². The molecule has 1 N–H and O–H groups in total. The molecular formula is C18H35N3O3. The van der Waals surface area contributed by atoms with Crippen molar-refractivity contribution in [2.24, 2.45) is 16.8 Å². The summed E-state index contributed by atoms with van der Waals surface area (Å²) in [5, 5.41) is 3.35. The molecule has 0 aliphatic carbocycles. The number of esters is 1. The van der Waals surface area contributed by atoms with E-state index in [2.05, 4.69) is 31.0 Å². The third-order valence-corrected chi connectivity index (χ3v) is 3.91. The van der Waals surface area contributed by atoms with Crippen molar-refractivity contribution in [3.63, 3.8) is 0 Å². The number of guanidine groups is 1. The first-order chi connectivity index (χ1) is 11.6. The van der Waals surface area contributed by atoms with Crippen molar-refractivity contribution < 1.29 is 14.3 Å². The van der Waals surface area contributed by atoms with Crippen LogP contribution in [-0.2, 0) is 14.3 Å². The Morgan fingerprint density at radius 1 is 1.29 bits per heavy atom. The summed E-state index contributed by atoms with van der Waals surface area (Å²) in [6, 6.07) is 0. The Labute approximate surface area is 147 Å². The van der Waals surface area contributed by atoms with E-state index in [1.54, 1.807) is 0 Å². The predicted octanol–water partition coefficient (Wildman–Crippen LogP) is 2.29. The Morgan fingerprint density at radius 2 is 2.00 bits per heavy atom. The van der Waals surface area contributed by atoms with Crippen LogP contribution >= 0.6 is 0 Å². The largest absolute Gasteiger partial charge is 0.466 e. The van der Waals surface area contributed by atoms with E-state index in [0.717, 1.165) is 64.6 Å². The van der Waals surface area contributed by atoms with Crippen LogP contribution in [-0.4, -0.2) is 62.8 Å². The Hall–Kier alpha value is -1.30. The lowest BCUT2D eigenvalue weighted by molar-refractivity contribution is -0.149. The lowest BCUT2D eigenvalue weighted by Gasteiger charge is -2.33. The van der Waals surface area contributed by atoms with E-state index in [9.17, 15) is 4.79 Å². The highest BCUT2D eigenvalue weighted by atomic mass is 16.5. The number of hydrogen-bond donors (Lipinski definition) is 1. The van der Waals surface area contributed by atoms with Gasteiger partial charge in [0.15, 0.2) is 5.96 Å². The second-order valence-electron chi connectivity index (χ2n) is 6.57. The maximum Gasteiger partial charge on any atom is 0.309 e. The topological polar surface area (TPSA) is 63.2 Å². The van der Waals surface area contributed by atoms with E-state index < -0.39 is 0 Å². The van der Waals surface area contributed by atoms with Gasteiger partial charge in [-0.15, -0.1) is 0 Å². The molecule has 0 aromatic heterocycles. The van der Waals surface area contributed by atoms with E-state index in [1.807, 2.05) is 6.92 Å². The number of ether oxygens (including phenoxy) is 2. The van der Waals surface area contributed by atoms with E-state index >= 15 is 0 Å². The fourth-order valence-corrected chi connectivity index (χ4v) is 2.68. The monoisotopic (exact) mass is 341 g/mol. The molecule has 1 rings (SSSR count). The van der Waals surface area contributed by atoms with Crippen LogP contribution in [0.25, 0.3) is 0 Å². The maximum atomic E-state index is 11.8. The number of nitrogens with one attached hydrogen (secondary N) is 1. The predicted molar refractivity (Wildman–Crippen MR) is 97.2 cm³/mol. The Balaban J connectivity index is 2.37. The highest BCUT2D eigenvalue weighted by Gasteiger charge is 2.27. The van der Waals surface area contributed by atoms with Gasteiger partial charge in [0.2, 0.25) is 0 Å². The van der Waals surface area contributed by atoms with Crippen LogP contribution in [0.3, 0.4) is 0 Å². The average Bonchev–Trinajstić information content (AvgIpc) is 2.57. The molecule has 6 heteroatoms. The van der Waals surface area contributed by atoms with Gasteiger partial charge in [-0.3, -0.25) is 9.79 Å². The summed E-state index contributed by atoms with van der Waals surface area (Å²) in [7, 11) is 0. The molecule has 0 aromatic rings. The molecule has 0 amide bonds. The SMILES string of the molecule is CCNC(=NCCCOCC(C)C)N1CCC(C(=O)OCC)CC1. The molecule has 24 heavy (non-hydrogen) atoms. The summed E-state index contributed by atoms with van der Waals surface area (Å²) in [6.45, 7) is 13.6. The van der Waals surface area contributed by atoms with Gasteiger partial charge in [0.25, 0.3) is 0 Å². The van der Waals surface area contributed by atoms with Crippen LogP contribution in [0.4, 0.5) is 0 Å². The fourth-order valence-electron chi connectivity index (χ4n) is 2.68. The van der Waals surface area contributed by atoms with Crippen LogP contribution in [0.5, 0.6) is 0 Å². The average molecular weight is 341 g/mol. The zero-order valence-corrected chi connectivity index (χ0v) is 15.8. The van der Waals surface area contributed by atoms with E-state index in [4.69, 9.17) is 14.5 Å². The first-order valence-corrected chi connectivity index (χ1v) is 9.36. The number of piperidine rings is 1. The number of hydrogen-bond acceptors (Lipinski definition) is 4. The van der Waals surface area contributed by atoms with Crippen molar-refractivity contribution >= 4 is 11.9 Å². The molecule has 1 aliphatic rings. The van der Waals surface area contributed by atoms with Gasteiger partial charge in [-0.25, -0.2) is 0 Å². The molecule has 0 spiro atoms. The van der Waals surface area contributed by atoms with Gasteiger partial charge < -0.3 is 19.7 Å². The van der Waals surface area contributed by atoms with E-state index in [-0.39, 0.29) is 11.9 Å². The zero-order chi connectivity index (χ0) is 17.8. The smallest absolute Gasteiger partial charge is 0.309 e. The lowest BCUT2D eigenvalue weighted by atomic mass is 9.97. The van der Waals surface area contributed by atoms with Crippen molar-refractivity contribution in [1.29, 1.82) is 0 Å². The zero-order valence-electron chi connectivity index (χ0n) is 15.8. The first-order valence-electron chi connectivity index (χ1n) is 9.36. The van der Waals surface area contributed by atoms with Gasteiger partial charge in [0, 0.05) is 39.4 Å². The molecular weight excluding hydrogens is 306 g/mol. The van der Waals surface area contributed by atoms with E-state index in [0.29, 0.717) is 12.5 Å². The Bertz CT molecular complexity index is 378. The quantitative estimate of drug-likeness (QED) is 0.302. The molecule has 0 radical (unpaired) electrons. The first kappa shape index (κ1) is 20.7. The summed E-state index contributed by atoms with van der Waals surface area (Å²) in [5.74, 6) is 1.50. The summed E-state index contributed by atoms with van der Waals surface area (Å²) >= 11 is 0. The second-order valence-corrected chi connectivity index (χ2v) is 6.57. The highest BCUT2D eigenvalue weighted by Crippen LogP contribution is 2.18. The van der Waals surface area contributed by atoms with Gasteiger partial charge in [-0.2, -0.15) is 0 Å². The maximum absolute atomic E-state index is 11.8. The molecule has 0 atom stereocenters. The molecule has 0 unspecified atom stereocenters. The van der Waals surface area contributed by atoms with E-state index in [1.165, 1.54) is 0 Å². The minimum atomic E-state index is -0.0543. The molecule has 0 saturated carbocycles. The minimum absolute atomic E-state index is 0.0357.